The van der Waals surface area contributed by atoms with Gasteiger partial charge in [-0.2, -0.15) is 0 Å². The van der Waals surface area contributed by atoms with Gasteiger partial charge in [0.25, 0.3) is 0 Å². The third-order valence-corrected chi connectivity index (χ3v) is 4.46. The van der Waals surface area contributed by atoms with Gasteiger partial charge in [0.2, 0.25) is 0 Å². The molecule has 1 saturated carbocycles. The maximum Gasteiger partial charge on any atom is 0.0931 e. The van der Waals surface area contributed by atoms with Crippen LogP contribution in [0.4, 0.5) is 0 Å². The molecule has 1 aliphatic carbocycles. The van der Waals surface area contributed by atoms with E-state index in [9.17, 15) is 0 Å². The summed E-state index contributed by atoms with van der Waals surface area (Å²) in [4.78, 5) is 1.31. The second-order valence-corrected chi connectivity index (χ2v) is 5.98. The van der Waals surface area contributed by atoms with Crippen molar-refractivity contribution in [1.82, 2.24) is 0 Å². The fraction of sp³-hybridized carbons (Fsp3) is 0.600. The van der Waals surface area contributed by atoms with Gasteiger partial charge in [-0.15, -0.1) is 11.3 Å². The number of hydrogen-bond donors (Lipinski definition) is 1. The molecule has 0 radical (unpaired) electrons. The van der Waals surface area contributed by atoms with E-state index in [4.69, 9.17) is 16.7 Å². The number of halogens is 1. The summed E-state index contributed by atoms with van der Waals surface area (Å²) < 4.78 is 0.842. The molecule has 1 aromatic rings. The van der Waals surface area contributed by atoms with E-state index >= 15 is 0 Å². The number of thiophene rings is 1. The lowest BCUT2D eigenvalue weighted by Crippen LogP contribution is -1.93. The van der Waals surface area contributed by atoms with E-state index in [2.05, 4.69) is 19.9 Å². The van der Waals surface area contributed by atoms with Crippen LogP contribution in [-0.4, -0.2) is 11.7 Å². The largest absolute Gasteiger partial charge is 0.396 e. The zero-order chi connectivity index (χ0) is 9.64. The van der Waals surface area contributed by atoms with Crippen LogP contribution in [0.15, 0.2) is 12.1 Å². The molecule has 0 bridgehead atoms. The molecule has 2 unspecified atom stereocenters. The second kappa shape index (κ2) is 2.97. The van der Waals surface area contributed by atoms with E-state index in [1.54, 1.807) is 11.3 Å². The van der Waals surface area contributed by atoms with Crippen molar-refractivity contribution in [2.24, 2.45) is 11.3 Å². The lowest BCUT2D eigenvalue weighted by Gasteiger charge is -1.98. The molecule has 1 aliphatic rings. The molecular formula is C10H13ClOS. The third-order valence-electron chi connectivity index (χ3n) is 3.15. The van der Waals surface area contributed by atoms with Crippen molar-refractivity contribution in [1.29, 1.82) is 0 Å². The molecule has 0 aromatic carbocycles. The maximum absolute atomic E-state index is 9.15. The summed E-state index contributed by atoms with van der Waals surface area (Å²) in [6.07, 6.45) is 0. The van der Waals surface area contributed by atoms with Gasteiger partial charge in [-0.05, 0) is 23.5 Å². The molecule has 72 valence electrons. The van der Waals surface area contributed by atoms with Crippen molar-refractivity contribution in [2.75, 3.05) is 6.61 Å². The predicted octanol–water partition coefficient (Wildman–Crippen LogP) is 3.13. The molecule has 1 aromatic heterocycles. The Bertz CT molecular complexity index is 318. The Kier molecular flexibility index (Phi) is 2.17. The Balaban J connectivity index is 2.21. The van der Waals surface area contributed by atoms with Crippen LogP contribution in [0.25, 0.3) is 0 Å². The average Bonchev–Trinajstić information content (AvgIpc) is 2.41. The van der Waals surface area contributed by atoms with Crippen LogP contribution < -0.4 is 0 Å². The molecule has 2 atom stereocenters. The highest BCUT2D eigenvalue weighted by Crippen LogP contribution is 2.65. The van der Waals surface area contributed by atoms with Gasteiger partial charge in [0.1, 0.15) is 0 Å². The lowest BCUT2D eigenvalue weighted by molar-refractivity contribution is 0.257. The summed E-state index contributed by atoms with van der Waals surface area (Å²) in [6, 6.07) is 4.01. The molecule has 0 spiro atoms. The minimum Gasteiger partial charge on any atom is -0.396 e. The smallest absolute Gasteiger partial charge is 0.0931 e. The molecule has 2 rings (SSSR count). The summed E-state index contributed by atoms with van der Waals surface area (Å²) >= 11 is 7.51. The van der Waals surface area contributed by atoms with Crippen LogP contribution in [-0.2, 0) is 0 Å². The Morgan fingerprint density at radius 1 is 1.54 bits per heavy atom. The van der Waals surface area contributed by atoms with Crippen LogP contribution in [0.1, 0.15) is 24.6 Å². The van der Waals surface area contributed by atoms with Crippen molar-refractivity contribution >= 4 is 22.9 Å². The summed E-state index contributed by atoms with van der Waals surface area (Å²) in [5.74, 6) is 0.928. The zero-order valence-corrected chi connectivity index (χ0v) is 9.32. The first-order chi connectivity index (χ1) is 6.07. The first kappa shape index (κ1) is 9.50. The van der Waals surface area contributed by atoms with Gasteiger partial charge in [-0.25, -0.2) is 0 Å². The van der Waals surface area contributed by atoms with Crippen molar-refractivity contribution in [3.63, 3.8) is 0 Å². The highest BCUT2D eigenvalue weighted by molar-refractivity contribution is 7.16. The van der Waals surface area contributed by atoms with Crippen molar-refractivity contribution in [3.05, 3.63) is 21.3 Å². The van der Waals surface area contributed by atoms with E-state index in [0.29, 0.717) is 11.8 Å². The maximum atomic E-state index is 9.15. The fourth-order valence-electron chi connectivity index (χ4n) is 2.15. The molecule has 0 amide bonds. The lowest BCUT2D eigenvalue weighted by atomic mass is 10.1. The van der Waals surface area contributed by atoms with Crippen LogP contribution in [0.3, 0.4) is 0 Å². The second-order valence-electron chi connectivity index (χ2n) is 4.23. The molecule has 13 heavy (non-hydrogen) atoms. The SMILES string of the molecule is CC1(C)C(CO)C1c1ccc(Cl)s1. The summed E-state index contributed by atoms with van der Waals surface area (Å²) in [5.41, 5.74) is 0.253. The molecule has 0 saturated heterocycles. The van der Waals surface area contributed by atoms with E-state index < -0.39 is 0 Å². The van der Waals surface area contributed by atoms with E-state index in [0.717, 1.165) is 4.34 Å². The van der Waals surface area contributed by atoms with Gasteiger partial charge in [0, 0.05) is 17.4 Å². The van der Waals surface area contributed by atoms with E-state index in [1.165, 1.54) is 4.88 Å². The number of rotatable bonds is 2. The van der Waals surface area contributed by atoms with Crippen molar-refractivity contribution < 1.29 is 5.11 Å². The Hall–Kier alpha value is -0.0500. The van der Waals surface area contributed by atoms with Gasteiger partial charge < -0.3 is 5.11 Å². The Morgan fingerprint density at radius 3 is 2.62 bits per heavy atom. The predicted molar refractivity (Wildman–Crippen MR) is 56.4 cm³/mol. The highest BCUT2D eigenvalue weighted by Gasteiger charge is 2.58. The molecule has 1 fully saturated rings. The molecular weight excluding hydrogens is 204 g/mol. The van der Waals surface area contributed by atoms with Gasteiger partial charge in [0.15, 0.2) is 0 Å². The van der Waals surface area contributed by atoms with Crippen molar-refractivity contribution in [3.8, 4) is 0 Å². The number of aliphatic hydroxyl groups excluding tert-OH is 1. The van der Waals surface area contributed by atoms with Crippen LogP contribution in [0.5, 0.6) is 0 Å². The Labute approximate surface area is 87.4 Å². The molecule has 1 N–H and O–H groups in total. The van der Waals surface area contributed by atoms with Gasteiger partial charge in [-0.1, -0.05) is 25.4 Å². The molecule has 3 heteroatoms. The minimum atomic E-state index is 0.253. The van der Waals surface area contributed by atoms with Crippen LogP contribution in [0, 0.1) is 11.3 Å². The number of hydrogen-bond acceptors (Lipinski definition) is 2. The van der Waals surface area contributed by atoms with Gasteiger partial charge in [0.05, 0.1) is 4.34 Å². The Morgan fingerprint density at radius 2 is 2.23 bits per heavy atom. The van der Waals surface area contributed by atoms with Crippen LogP contribution >= 0.6 is 22.9 Å². The fourth-order valence-corrected chi connectivity index (χ4v) is 3.57. The standard InChI is InChI=1S/C10H13ClOS/c1-10(2)6(5-12)9(10)7-3-4-8(11)13-7/h3-4,6,9,12H,5H2,1-2H3. The average molecular weight is 217 g/mol. The normalized spacial score (nSPS) is 30.5. The quantitative estimate of drug-likeness (QED) is 0.806. The first-order valence-electron chi connectivity index (χ1n) is 4.43. The summed E-state index contributed by atoms with van der Waals surface area (Å²) in [6.45, 7) is 4.69. The summed E-state index contributed by atoms with van der Waals surface area (Å²) in [5, 5.41) is 9.15. The highest BCUT2D eigenvalue weighted by atomic mass is 35.5. The molecule has 0 aliphatic heterocycles. The van der Waals surface area contributed by atoms with Crippen LogP contribution in [0.2, 0.25) is 4.34 Å². The zero-order valence-electron chi connectivity index (χ0n) is 7.75. The monoisotopic (exact) mass is 216 g/mol. The summed E-state index contributed by atoms with van der Waals surface area (Å²) in [7, 11) is 0. The third kappa shape index (κ3) is 1.41. The molecule has 1 heterocycles. The molecule has 1 nitrogen and oxygen atoms in total. The van der Waals surface area contributed by atoms with Gasteiger partial charge >= 0.3 is 0 Å². The minimum absolute atomic E-state index is 0.253. The first-order valence-corrected chi connectivity index (χ1v) is 5.63. The van der Waals surface area contributed by atoms with Crippen molar-refractivity contribution in [2.45, 2.75) is 19.8 Å². The van der Waals surface area contributed by atoms with E-state index in [1.807, 2.05) is 6.07 Å². The number of aliphatic hydroxyl groups is 1. The van der Waals surface area contributed by atoms with E-state index in [-0.39, 0.29) is 12.0 Å². The topological polar surface area (TPSA) is 20.2 Å². The van der Waals surface area contributed by atoms with Gasteiger partial charge in [-0.3, -0.25) is 0 Å².